The summed E-state index contributed by atoms with van der Waals surface area (Å²) >= 11 is 17.7. The first-order chi connectivity index (χ1) is 22.4. The van der Waals surface area contributed by atoms with Gasteiger partial charge in [0.2, 0.25) is 11.8 Å². The second-order valence-corrected chi connectivity index (χ2v) is 9.80. The third-order valence-corrected chi connectivity index (χ3v) is 7.00. The number of halogens is 5. The molecular formula is C30H25Cl3F2N4O8. The van der Waals surface area contributed by atoms with E-state index < -0.39 is 23.6 Å². The summed E-state index contributed by atoms with van der Waals surface area (Å²) in [6.45, 7) is 3.60. The number of hydrogen-bond acceptors (Lipinski definition) is 12. The minimum Gasteiger partial charge on any atom is -0.492 e. The number of carbonyl (C=O) groups excluding carboxylic acids is 2. The molecule has 0 unspecified atom stereocenters. The highest BCUT2D eigenvalue weighted by atomic mass is 35.5. The van der Waals surface area contributed by atoms with Crippen LogP contribution in [0.25, 0.3) is 28.9 Å². The van der Waals surface area contributed by atoms with E-state index in [1.807, 2.05) is 0 Å². The van der Waals surface area contributed by atoms with Crippen LogP contribution < -0.4 is 18.9 Å². The van der Waals surface area contributed by atoms with E-state index in [0.717, 1.165) is 0 Å². The second kappa shape index (κ2) is 16.2. The molecule has 0 radical (unpaired) electrons. The average molecular weight is 714 g/mol. The van der Waals surface area contributed by atoms with Crippen LogP contribution >= 0.6 is 34.8 Å². The largest absolute Gasteiger partial charge is 0.492 e. The number of nitrogens with zero attached hydrogens (tertiary/aromatic N) is 4. The molecule has 4 rings (SSSR count). The zero-order valence-corrected chi connectivity index (χ0v) is 27.8. The number of aromatic nitrogens is 4. The third kappa shape index (κ3) is 7.62. The Morgan fingerprint density at radius 3 is 1.49 bits per heavy atom. The van der Waals surface area contributed by atoms with Crippen molar-refractivity contribution in [2.75, 3.05) is 42.7 Å². The molecule has 47 heavy (non-hydrogen) atoms. The highest BCUT2D eigenvalue weighted by Gasteiger charge is 2.25. The van der Waals surface area contributed by atoms with Gasteiger partial charge < -0.3 is 28.4 Å². The van der Waals surface area contributed by atoms with Gasteiger partial charge in [-0.25, -0.2) is 28.3 Å². The molecule has 0 aliphatic carbocycles. The standard InChI is InChI=1S/C16H14ClFN2O4.C14H11Cl2FN2O4/c1-5-8-12(16(21)24-4)19-14(20-15(8)23-3)9-6-7-10(17)13(22-2)11(9)18;1-21-11-7(15)5-4-6(9(11)17)12-18-10(14(20)23-3)8(16)13(19-12)22-2/h5-7H,1H2,2-4H3;4-5H,1-3H3. The molecule has 0 bridgehead atoms. The van der Waals surface area contributed by atoms with Crippen molar-refractivity contribution in [3.63, 3.8) is 0 Å². The minimum atomic E-state index is -0.807. The first-order valence-electron chi connectivity index (χ1n) is 12.8. The maximum absolute atomic E-state index is 14.6. The second-order valence-electron chi connectivity index (χ2n) is 8.61. The van der Waals surface area contributed by atoms with E-state index in [2.05, 4.69) is 31.3 Å². The molecule has 0 saturated heterocycles. The summed E-state index contributed by atoms with van der Waals surface area (Å²) in [6, 6.07) is 5.59. The fourth-order valence-electron chi connectivity index (χ4n) is 3.86. The number of methoxy groups -OCH3 is 6. The predicted octanol–water partition coefficient (Wildman–Crippen LogP) is 6.78. The van der Waals surface area contributed by atoms with Gasteiger partial charge in [0, 0.05) is 0 Å². The van der Waals surface area contributed by atoms with Gasteiger partial charge in [-0.3, -0.25) is 0 Å². The maximum atomic E-state index is 14.6. The quantitative estimate of drug-likeness (QED) is 0.169. The first kappa shape index (κ1) is 36.7. The molecule has 0 aliphatic rings. The Kier molecular flexibility index (Phi) is 12.6. The van der Waals surface area contributed by atoms with E-state index in [9.17, 15) is 18.4 Å². The molecule has 0 aliphatic heterocycles. The van der Waals surface area contributed by atoms with Gasteiger partial charge in [-0.1, -0.05) is 47.5 Å². The van der Waals surface area contributed by atoms with Crippen molar-refractivity contribution in [3.05, 3.63) is 74.5 Å². The molecule has 248 valence electrons. The summed E-state index contributed by atoms with van der Waals surface area (Å²) in [5, 5.41) is 0.0499. The topological polar surface area (TPSA) is 141 Å². The molecule has 17 heteroatoms. The van der Waals surface area contributed by atoms with Crippen molar-refractivity contribution in [1.82, 2.24) is 19.9 Å². The van der Waals surface area contributed by atoms with Crippen molar-refractivity contribution in [3.8, 4) is 46.0 Å². The van der Waals surface area contributed by atoms with E-state index in [1.165, 1.54) is 73.0 Å². The van der Waals surface area contributed by atoms with Gasteiger partial charge in [-0.05, 0) is 24.3 Å². The smallest absolute Gasteiger partial charge is 0.358 e. The molecule has 0 fully saturated rings. The lowest BCUT2D eigenvalue weighted by Crippen LogP contribution is -2.11. The van der Waals surface area contributed by atoms with Gasteiger partial charge in [-0.15, -0.1) is 0 Å². The van der Waals surface area contributed by atoms with Crippen molar-refractivity contribution in [2.24, 2.45) is 0 Å². The highest BCUT2D eigenvalue weighted by molar-refractivity contribution is 6.34. The fraction of sp³-hybridized carbons (Fsp3) is 0.200. The number of ether oxygens (including phenoxy) is 6. The molecular weight excluding hydrogens is 689 g/mol. The van der Waals surface area contributed by atoms with Gasteiger partial charge in [0.15, 0.2) is 46.2 Å². The van der Waals surface area contributed by atoms with Crippen LogP contribution in [0.15, 0.2) is 30.8 Å². The van der Waals surface area contributed by atoms with E-state index in [0.29, 0.717) is 0 Å². The number of esters is 2. The van der Waals surface area contributed by atoms with Crippen LogP contribution in [0.2, 0.25) is 15.1 Å². The predicted molar refractivity (Wildman–Crippen MR) is 169 cm³/mol. The molecule has 4 aromatic rings. The number of hydrogen-bond donors (Lipinski definition) is 0. The van der Waals surface area contributed by atoms with Crippen LogP contribution in [0.3, 0.4) is 0 Å². The molecule has 0 amide bonds. The van der Waals surface area contributed by atoms with Crippen LogP contribution in [0.1, 0.15) is 26.5 Å². The summed E-state index contributed by atoms with van der Waals surface area (Å²) < 4.78 is 58.3. The van der Waals surface area contributed by atoms with Crippen LogP contribution in [0.5, 0.6) is 23.3 Å². The SMILES string of the molecule is C=Cc1c(OC)nc(-c2ccc(Cl)c(OC)c2F)nc1C(=O)OC.COC(=O)c1nc(-c2ccc(Cl)c(OC)c2F)nc(OC)c1Cl. The van der Waals surface area contributed by atoms with Crippen LogP contribution in [0.4, 0.5) is 8.78 Å². The van der Waals surface area contributed by atoms with Crippen molar-refractivity contribution in [1.29, 1.82) is 0 Å². The number of carbonyl (C=O) groups is 2. The van der Waals surface area contributed by atoms with Crippen molar-refractivity contribution >= 4 is 52.8 Å². The highest BCUT2D eigenvalue weighted by Crippen LogP contribution is 2.37. The molecule has 0 spiro atoms. The molecule has 2 heterocycles. The monoisotopic (exact) mass is 712 g/mol. The van der Waals surface area contributed by atoms with Crippen molar-refractivity contribution in [2.45, 2.75) is 0 Å². The average Bonchev–Trinajstić information content (AvgIpc) is 3.08. The fourth-order valence-corrected chi connectivity index (χ4v) is 4.54. The Hall–Kier alpha value is -4.79. The van der Waals surface area contributed by atoms with Crippen LogP contribution in [-0.4, -0.2) is 74.5 Å². The molecule has 2 aromatic carbocycles. The minimum absolute atomic E-state index is 0.00434. The zero-order valence-electron chi connectivity index (χ0n) is 25.5. The third-order valence-electron chi connectivity index (χ3n) is 6.07. The lowest BCUT2D eigenvalue weighted by molar-refractivity contribution is 0.0584. The van der Waals surface area contributed by atoms with E-state index in [4.69, 9.17) is 58.5 Å². The van der Waals surface area contributed by atoms with Gasteiger partial charge in [0.05, 0.1) is 69.4 Å². The molecule has 0 saturated carbocycles. The molecule has 12 nitrogen and oxygen atoms in total. The van der Waals surface area contributed by atoms with Gasteiger partial charge >= 0.3 is 11.9 Å². The normalized spacial score (nSPS) is 10.3. The lowest BCUT2D eigenvalue weighted by Gasteiger charge is -2.12. The van der Waals surface area contributed by atoms with Crippen LogP contribution in [0, 0.1) is 11.6 Å². The zero-order chi connectivity index (χ0) is 35.0. The summed E-state index contributed by atoms with van der Waals surface area (Å²) in [5.41, 5.74) is -0.136. The van der Waals surface area contributed by atoms with Crippen LogP contribution in [-0.2, 0) is 9.47 Å². The van der Waals surface area contributed by atoms with Crippen molar-refractivity contribution < 1.29 is 46.8 Å². The van der Waals surface area contributed by atoms with Gasteiger partial charge in [-0.2, -0.15) is 9.97 Å². The summed E-state index contributed by atoms with van der Waals surface area (Å²) in [6.07, 6.45) is 1.35. The molecule has 0 N–H and O–H groups in total. The van der Waals surface area contributed by atoms with Gasteiger partial charge in [0.25, 0.3) is 0 Å². The van der Waals surface area contributed by atoms with E-state index in [-0.39, 0.29) is 78.1 Å². The Morgan fingerprint density at radius 2 is 1.09 bits per heavy atom. The Morgan fingerprint density at radius 1 is 0.660 bits per heavy atom. The Labute approximate surface area is 282 Å². The van der Waals surface area contributed by atoms with Gasteiger partial charge in [0.1, 0.15) is 5.02 Å². The first-order valence-corrected chi connectivity index (χ1v) is 14.0. The lowest BCUT2D eigenvalue weighted by atomic mass is 10.1. The Bertz CT molecular complexity index is 1850. The summed E-state index contributed by atoms with van der Waals surface area (Å²) in [7, 11) is 7.60. The summed E-state index contributed by atoms with van der Waals surface area (Å²) in [5.74, 6) is -3.62. The van der Waals surface area contributed by atoms with E-state index in [1.54, 1.807) is 0 Å². The maximum Gasteiger partial charge on any atom is 0.358 e. The van der Waals surface area contributed by atoms with E-state index >= 15 is 0 Å². The molecule has 0 atom stereocenters. The Balaban J connectivity index is 0.000000256. The number of benzene rings is 2. The summed E-state index contributed by atoms with van der Waals surface area (Å²) in [4.78, 5) is 39.9. The number of rotatable bonds is 9. The molecule has 2 aromatic heterocycles.